The minimum atomic E-state index is 0. The Morgan fingerprint density at radius 2 is 2.00 bits per heavy atom. The van der Waals surface area contributed by atoms with Crippen LogP contribution in [0.15, 0.2) is 23.2 Å². The molecule has 2 N–H and O–H groups in total. The number of aryl methyl sites for hydroxylation is 1. The van der Waals surface area contributed by atoms with Gasteiger partial charge in [0.15, 0.2) is 5.96 Å². The SMILES string of the molecule is CCNC(=NCc1ccc(OC)c(C)c1)NCCC(C)C.I. The van der Waals surface area contributed by atoms with E-state index in [1.165, 1.54) is 5.56 Å². The number of benzene rings is 1. The van der Waals surface area contributed by atoms with Crippen LogP contribution in [-0.2, 0) is 6.54 Å². The number of nitrogens with zero attached hydrogens (tertiary/aromatic N) is 1. The average Bonchev–Trinajstić information content (AvgIpc) is 2.44. The summed E-state index contributed by atoms with van der Waals surface area (Å²) in [5, 5.41) is 6.65. The zero-order valence-electron chi connectivity index (χ0n) is 14.4. The van der Waals surface area contributed by atoms with E-state index in [-0.39, 0.29) is 24.0 Å². The smallest absolute Gasteiger partial charge is 0.191 e. The summed E-state index contributed by atoms with van der Waals surface area (Å²) in [6, 6.07) is 6.19. The van der Waals surface area contributed by atoms with Crippen molar-refractivity contribution >= 4 is 29.9 Å². The molecule has 0 fully saturated rings. The van der Waals surface area contributed by atoms with Gasteiger partial charge in [0.05, 0.1) is 13.7 Å². The molecular weight excluding hydrogens is 389 g/mol. The Bertz CT molecular complexity index is 461. The van der Waals surface area contributed by atoms with Crippen molar-refractivity contribution in [2.75, 3.05) is 20.2 Å². The zero-order valence-corrected chi connectivity index (χ0v) is 16.7. The van der Waals surface area contributed by atoms with Gasteiger partial charge in [-0.3, -0.25) is 0 Å². The lowest BCUT2D eigenvalue weighted by molar-refractivity contribution is 0.411. The molecule has 0 aliphatic heterocycles. The van der Waals surface area contributed by atoms with E-state index >= 15 is 0 Å². The molecule has 0 saturated heterocycles. The van der Waals surface area contributed by atoms with E-state index in [1.807, 2.05) is 6.07 Å². The van der Waals surface area contributed by atoms with E-state index in [4.69, 9.17) is 4.74 Å². The van der Waals surface area contributed by atoms with Gasteiger partial charge in [0.1, 0.15) is 5.75 Å². The Hall–Kier alpha value is -0.980. The number of ether oxygens (including phenoxy) is 1. The van der Waals surface area contributed by atoms with Crippen LogP contribution in [0.4, 0.5) is 0 Å². The Kier molecular flexibility index (Phi) is 11.1. The molecule has 1 rings (SSSR count). The topological polar surface area (TPSA) is 45.7 Å². The molecule has 126 valence electrons. The predicted molar refractivity (Wildman–Crippen MR) is 105 cm³/mol. The maximum atomic E-state index is 5.28. The van der Waals surface area contributed by atoms with Gasteiger partial charge in [-0.2, -0.15) is 0 Å². The molecule has 0 aliphatic rings. The molecule has 0 bridgehead atoms. The monoisotopic (exact) mass is 419 g/mol. The van der Waals surface area contributed by atoms with Gasteiger partial charge in [-0.1, -0.05) is 26.0 Å². The van der Waals surface area contributed by atoms with E-state index in [0.29, 0.717) is 12.5 Å². The van der Waals surface area contributed by atoms with Crippen LogP contribution in [0.3, 0.4) is 0 Å². The Labute approximate surface area is 152 Å². The number of rotatable bonds is 7. The third-order valence-electron chi connectivity index (χ3n) is 3.24. The van der Waals surface area contributed by atoms with Crippen LogP contribution < -0.4 is 15.4 Å². The lowest BCUT2D eigenvalue weighted by atomic mass is 10.1. The van der Waals surface area contributed by atoms with Crippen LogP contribution in [-0.4, -0.2) is 26.2 Å². The number of guanidine groups is 1. The minimum absolute atomic E-state index is 0. The van der Waals surface area contributed by atoms with E-state index < -0.39 is 0 Å². The van der Waals surface area contributed by atoms with E-state index in [2.05, 4.69) is 55.5 Å². The van der Waals surface area contributed by atoms with Gasteiger partial charge in [-0.25, -0.2) is 4.99 Å². The number of aliphatic imine (C=N–C) groups is 1. The Morgan fingerprint density at radius 1 is 1.27 bits per heavy atom. The number of halogens is 1. The number of hydrogen-bond donors (Lipinski definition) is 2. The quantitative estimate of drug-likeness (QED) is 0.402. The first-order chi connectivity index (χ1) is 10.1. The van der Waals surface area contributed by atoms with Crippen molar-refractivity contribution in [1.29, 1.82) is 0 Å². The molecule has 0 aromatic heterocycles. The molecule has 5 heteroatoms. The first-order valence-electron chi connectivity index (χ1n) is 7.72. The number of hydrogen-bond acceptors (Lipinski definition) is 2. The maximum absolute atomic E-state index is 5.28. The summed E-state index contributed by atoms with van der Waals surface area (Å²) in [6.07, 6.45) is 1.14. The van der Waals surface area contributed by atoms with Gasteiger partial charge in [0.25, 0.3) is 0 Å². The molecule has 0 radical (unpaired) electrons. The fourth-order valence-electron chi connectivity index (χ4n) is 2.03. The average molecular weight is 419 g/mol. The lowest BCUT2D eigenvalue weighted by Crippen LogP contribution is -2.38. The van der Waals surface area contributed by atoms with Crippen LogP contribution >= 0.6 is 24.0 Å². The van der Waals surface area contributed by atoms with E-state index in [9.17, 15) is 0 Å². The third kappa shape index (κ3) is 7.87. The molecule has 0 heterocycles. The fourth-order valence-corrected chi connectivity index (χ4v) is 2.03. The lowest BCUT2D eigenvalue weighted by Gasteiger charge is -2.12. The van der Waals surface area contributed by atoms with Gasteiger partial charge in [0.2, 0.25) is 0 Å². The highest BCUT2D eigenvalue weighted by Gasteiger charge is 2.01. The molecule has 0 atom stereocenters. The summed E-state index contributed by atoms with van der Waals surface area (Å²) < 4.78 is 5.28. The molecule has 0 aliphatic carbocycles. The maximum Gasteiger partial charge on any atom is 0.191 e. The van der Waals surface area contributed by atoms with E-state index in [1.54, 1.807) is 7.11 Å². The van der Waals surface area contributed by atoms with Gasteiger partial charge in [-0.15, -0.1) is 24.0 Å². The molecule has 0 spiro atoms. The summed E-state index contributed by atoms with van der Waals surface area (Å²) in [5.74, 6) is 2.50. The summed E-state index contributed by atoms with van der Waals surface area (Å²) >= 11 is 0. The normalized spacial score (nSPS) is 11.1. The Balaban J connectivity index is 0.00000441. The highest BCUT2D eigenvalue weighted by molar-refractivity contribution is 14.0. The van der Waals surface area contributed by atoms with Crippen molar-refractivity contribution in [2.24, 2.45) is 10.9 Å². The third-order valence-corrected chi connectivity index (χ3v) is 3.24. The highest BCUT2D eigenvalue weighted by Crippen LogP contribution is 2.18. The standard InChI is InChI=1S/C17H29N3O.HI/c1-6-18-17(19-10-9-13(2)3)20-12-15-7-8-16(21-5)14(4)11-15;/h7-8,11,13H,6,9-10,12H2,1-5H3,(H2,18,19,20);1H. The molecule has 0 unspecified atom stereocenters. The number of nitrogens with one attached hydrogen (secondary N) is 2. The molecule has 0 amide bonds. The summed E-state index contributed by atoms with van der Waals surface area (Å²) in [5.41, 5.74) is 2.33. The summed E-state index contributed by atoms with van der Waals surface area (Å²) in [6.45, 7) is 11.1. The van der Waals surface area contributed by atoms with Crippen LogP contribution in [0.5, 0.6) is 5.75 Å². The van der Waals surface area contributed by atoms with Crippen molar-refractivity contribution in [2.45, 2.75) is 40.7 Å². The van der Waals surface area contributed by atoms with Crippen LogP contribution in [0.2, 0.25) is 0 Å². The van der Waals surface area contributed by atoms with Gasteiger partial charge in [0, 0.05) is 13.1 Å². The molecule has 4 nitrogen and oxygen atoms in total. The largest absolute Gasteiger partial charge is 0.496 e. The van der Waals surface area contributed by atoms with Crippen LogP contribution in [0.1, 0.15) is 38.3 Å². The second-order valence-electron chi connectivity index (χ2n) is 5.61. The first kappa shape index (κ1) is 21.0. The molecule has 1 aromatic rings. The van der Waals surface area contributed by atoms with Crippen molar-refractivity contribution < 1.29 is 4.74 Å². The molecule has 0 saturated carbocycles. The van der Waals surface area contributed by atoms with Gasteiger partial charge >= 0.3 is 0 Å². The molecular formula is C17H30IN3O. The van der Waals surface area contributed by atoms with E-state index in [0.717, 1.165) is 36.8 Å². The fraction of sp³-hybridized carbons (Fsp3) is 0.588. The Morgan fingerprint density at radius 3 is 2.55 bits per heavy atom. The number of methoxy groups -OCH3 is 1. The second-order valence-corrected chi connectivity index (χ2v) is 5.61. The second kappa shape index (κ2) is 11.6. The summed E-state index contributed by atoms with van der Waals surface area (Å²) in [4.78, 5) is 4.63. The van der Waals surface area contributed by atoms with Gasteiger partial charge < -0.3 is 15.4 Å². The van der Waals surface area contributed by atoms with Crippen molar-refractivity contribution in [3.8, 4) is 5.75 Å². The predicted octanol–water partition coefficient (Wildman–Crippen LogP) is 3.72. The molecule has 22 heavy (non-hydrogen) atoms. The van der Waals surface area contributed by atoms with Crippen molar-refractivity contribution in [3.05, 3.63) is 29.3 Å². The minimum Gasteiger partial charge on any atom is -0.496 e. The highest BCUT2D eigenvalue weighted by atomic mass is 127. The van der Waals surface area contributed by atoms with Crippen LogP contribution in [0.25, 0.3) is 0 Å². The first-order valence-corrected chi connectivity index (χ1v) is 7.72. The van der Waals surface area contributed by atoms with Gasteiger partial charge in [-0.05, 0) is 43.4 Å². The van der Waals surface area contributed by atoms with Crippen molar-refractivity contribution in [3.63, 3.8) is 0 Å². The molecule has 1 aromatic carbocycles. The van der Waals surface area contributed by atoms with Crippen LogP contribution in [0, 0.1) is 12.8 Å². The van der Waals surface area contributed by atoms with Crippen molar-refractivity contribution in [1.82, 2.24) is 10.6 Å². The summed E-state index contributed by atoms with van der Waals surface area (Å²) in [7, 11) is 1.70. The zero-order chi connectivity index (χ0) is 15.7.